The maximum Gasteiger partial charge on any atom is 0.254 e. The number of ether oxygens (including phenoxy) is 1. The van der Waals surface area contributed by atoms with Gasteiger partial charge in [0.1, 0.15) is 5.82 Å². The lowest BCUT2D eigenvalue weighted by molar-refractivity contribution is -0.0678. The minimum atomic E-state index is 0.124. The Labute approximate surface area is 150 Å². The molecular weight excluding hydrogens is 316 g/mol. The van der Waals surface area contributed by atoms with Crippen molar-refractivity contribution in [1.29, 1.82) is 0 Å². The Morgan fingerprint density at radius 1 is 1.28 bits per heavy atom. The summed E-state index contributed by atoms with van der Waals surface area (Å²) in [6.07, 6.45) is 5.61. The quantitative estimate of drug-likeness (QED) is 0.801. The number of anilines is 1. The second-order valence-corrected chi connectivity index (χ2v) is 7.23. The van der Waals surface area contributed by atoms with Crippen molar-refractivity contribution in [2.75, 3.05) is 44.6 Å². The minimum absolute atomic E-state index is 0.124. The van der Waals surface area contributed by atoms with E-state index in [1.807, 2.05) is 17.0 Å². The van der Waals surface area contributed by atoms with Crippen molar-refractivity contribution in [3.63, 3.8) is 0 Å². The van der Waals surface area contributed by atoms with Gasteiger partial charge in [0.15, 0.2) is 0 Å². The standard InChI is InChI=1S/C19H30N4O2/c1-15-13-22(14-16(2)25-15)9-5-7-20-18-12-17(6-8-21-18)19(24)23-10-3-4-11-23/h6,8,12,15-16H,3-5,7,9-11,13-14H2,1-2H3,(H,20,21)/t15-,16+. The molecule has 138 valence electrons. The summed E-state index contributed by atoms with van der Waals surface area (Å²) in [5.74, 6) is 0.910. The number of aromatic nitrogens is 1. The molecule has 0 aliphatic carbocycles. The van der Waals surface area contributed by atoms with E-state index in [1.54, 1.807) is 6.20 Å². The second kappa shape index (κ2) is 8.63. The molecule has 25 heavy (non-hydrogen) atoms. The van der Waals surface area contributed by atoms with Crippen LogP contribution in [0.1, 0.15) is 43.5 Å². The molecule has 0 spiro atoms. The van der Waals surface area contributed by atoms with E-state index in [4.69, 9.17) is 4.74 Å². The summed E-state index contributed by atoms with van der Waals surface area (Å²) in [5, 5.41) is 3.35. The third-order valence-electron chi connectivity index (χ3n) is 4.85. The van der Waals surface area contributed by atoms with Crippen molar-refractivity contribution in [2.24, 2.45) is 0 Å². The molecule has 1 aromatic heterocycles. The normalized spacial score (nSPS) is 24.5. The summed E-state index contributed by atoms with van der Waals surface area (Å²) < 4.78 is 5.77. The van der Waals surface area contributed by atoms with Gasteiger partial charge in [0, 0.05) is 51.0 Å². The van der Waals surface area contributed by atoms with E-state index < -0.39 is 0 Å². The molecule has 0 saturated carbocycles. The monoisotopic (exact) mass is 346 g/mol. The summed E-state index contributed by atoms with van der Waals surface area (Å²) in [7, 11) is 0. The second-order valence-electron chi connectivity index (χ2n) is 7.23. The molecule has 0 aromatic carbocycles. The van der Waals surface area contributed by atoms with Gasteiger partial charge in [-0.15, -0.1) is 0 Å². The molecule has 6 nitrogen and oxygen atoms in total. The summed E-state index contributed by atoms with van der Waals surface area (Å²) in [5.41, 5.74) is 0.732. The van der Waals surface area contributed by atoms with Crippen LogP contribution >= 0.6 is 0 Å². The van der Waals surface area contributed by atoms with E-state index >= 15 is 0 Å². The zero-order valence-corrected chi connectivity index (χ0v) is 15.4. The van der Waals surface area contributed by atoms with Crippen LogP contribution < -0.4 is 5.32 Å². The number of hydrogen-bond donors (Lipinski definition) is 1. The number of nitrogens with one attached hydrogen (secondary N) is 1. The fourth-order valence-corrected chi connectivity index (χ4v) is 3.75. The zero-order valence-electron chi connectivity index (χ0n) is 15.4. The van der Waals surface area contributed by atoms with Crippen molar-refractivity contribution in [3.05, 3.63) is 23.9 Å². The van der Waals surface area contributed by atoms with Crippen LogP contribution in [0.3, 0.4) is 0 Å². The number of amides is 1. The zero-order chi connectivity index (χ0) is 17.6. The predicted molar refractivity (Wildman–Crippen MR) is 98.9 cm³/mol. The molecule has 3 heterocycles. The highest BCUT2D eigenvalue weighted by molar-refractivity contribution is 5.94. The molecule has 2 fully saturated rings. The van der Waals surface area contributed by atoms with E-state index in [-0.39, 0.29) is 5.91 Å². The summed E-state index contributed by atoms with van der Waals surface area (Å²) >= 11 is 0. The van der Waals surface area contributed by atoms with Gasteiger partial charge in [-0.05, 0) is 45.2 Å². The topological polar surface area (TPSA) is 57.7 Å². The molecule has 6 heteroatoms. The van der Waals surface area contributed by atoms with Crippen LogP contribution in [0.15, 0.2) is 18.3 Å². The maximum atomic E-state index is 12.4. The number of pyridine rings is 1. The summed E-state index contributed by atoms with van der Waals surface area (Å²) in [6, 6.07) is 3.68. The average molecular weight is 346 g/mol. The molecule has 2 aliphatic heterocycles. The molecular formula is C19H30N4O2. The summed E-state index contributed by atoms with van der Waals surface area (Å²) in [6.45, 7) is 9.93. The first kappa shape index (κ1) is 18.1. The van der Waals surface area contributed by atoms with Crippen molar-refractivity contribution in [3.8, 4) is 0 Å². The molecule has 0 unspecified atom stereocenters. The first-order chi connectivity index (χ1) is 12.1. The first-order valence-electron chi connectivity index (χ1n) is 9.49. The fraction of sp³-hybridized carbons (Fsp3) is 0.684. The number of rotatable bonds is 6. The molecule has 1 aromatic rings. The van der Waals surface area contributed by atoms with E-state index in [0.29, 0.717) is 12.2 Å². The lowest BCUT2D eigenvalue weighted by atomic mass is 10.2. The lowest BCUT2D eigenvalue weighted by Gasteiger charge is -2.35. The number of nitrogens with zero attached hydrogens (tertiary/aromatic N) is 3. The van der Waals surface area contributed by atoms with Crippen molar-refractivity contribution in [1.82, 2.24) is 14.8 Å². The molecule has 0 radical (unpaired) electrons. The molecule has 0 bridgehead atoms. The highest BCUT2D eigenvalue weighted by atomic mass is 16.5. The molecule has 1 N–H and O–H groups in total. The van der Waals surface area contributed by atoms with E-state index in [0.717, 1.165) is 69.9 Å². The van der Waals surface area contributed by atoms with Crippen LogP contribution in [0.2, 0.25) is 0 Å². The Morgan fingerprint density at radius 2 is 2.00 bits per heavy atom. The Kier molecular flexibility index (Phi) is 6.26. The smallest absolute Gasteiger partial charge is 0.254 e. The Morgan fingerprint density at radius 3 is 2.72 bits per heavy atom. The van der Waals surface area contributed by atoms with Crippen LogP contribution in [0, 0.1) is 0 Å². The third-order valence-corrected chi connectivity index (χ3v) is 4.85. The van der Waals surface area contributed by atoms with Crippen LogP contribution in [-0.4, -0.2) is 72.2 Å². The largest absolute Gasteiger partial charge is 0.373 e. The lowest BCUT2D eigenvalue weighted by Crippen LogP contribution is -2.45. The van der Waals surface area contributed by atoms with Crippen molar-refractivity contribution < 1.29 is 9.53 Å². The van der Waals surface area contributed by atoms with Gasteiger partial charge in [-0.1, -0.05) is 0 Å². The van der Waals surface area contributed by atoms with Crippen molar-refractivity contribution in [2.45, 2.75) is 45.3 Å². The highest BCUT2D eigenvalue weighted by Gasteiger charge is 2.22. The van der Waals surface area contributed by atoms with Crippen LogP contribution in [0.5, 0.6) is 0 Å². The van der Waals surface area contributed by atoms with Crippen LogP contribution in [0.4, 0.5) is 5.82 Å². The van der Waals surface area contributed by atoms with Gasteiger partial charge < -0.3 is 15.0 Å². The van der Waals surface area contributed by atoms with Gasteiger partial charge in [-0.25, -0.2) is 4.98 Å². The number of hydrogen-bond acceptors (Lipinski definition) is 5. The predicted octanol–water partition coefficient (Wildman–Crippen LogP) is 2.23. The summed E-state index contributed by atoms with van der Waals surface area (Å²) in [4.78, 5) is 21.2. The molecule has 1 amide bonds. The maximum absolute atomic E-state index is 12.4. The van der Waals surface area contributed by atoms with Gasteiger partial charge in [-0.2, -0.15) is 0 Å². The van der Waals surface area contributed by atoms with Gasteiger partial charge >= 0.3 is 0 Å². The van der Waals surface area contributed by atoms with E-state index in [9.17, 15) is 4.79 Å². The molecule has 3 rings (SSSR count). The minimum Gasteiger partial charge on any atom is -0.373 e. The molecule has 2 aliphatic rings. The number of carbonyl (C=O) groups excluding carboxylic acids is 1. The highest BCUT2D eigenvalue weighted by Crippen LogP contribution is 2.15. The third kappa shape index (κ3) is 5.16. The Bertz CT molecular complexity index is 564. The number of carbonyl (C=O) groups is 1. The molecule has 2 saturated heterocycles. The average Bonchev–Trinajstić information content (AvgIpc) is 3.12. The van der Waals surface area contributed by atoms with Crippen LogP contribution in [0.25, 0.3) is 0 Å². The Balaban J connectivity index is 1.44. The number of morpholine rings is 1. The van der Waals surface area contributed by atoms with E-state index in [1.165, 1.54) is 0 Å². The van der Waals surface area contributed by atoms with Gasteiger partial charge in [0.05, 0.1) is 12.2 Å². The van der Waals surface area contributed by atoms with Crippen molar-refractivity contribution >= 4 is 11.7 Å². The Hall–Kier alpha value is -1.66. The van der Waals surface area contributed by atoms with Gasteiger partial charge in [-0.3, -0.25) is 9.69 Å². The number of likely N-dealkylation sites (tertiary alicyclic amines) is 1. The van der Waals surface area contributed by atoms with Gasteiger partial charge in [0.25, 0.3) is 5.91 Å². The van der Waals surface area contributed by atoms with E-state index in [2.05, 4.69) is 29.0 Å². The van der Waals surface area contributed by atoms with Gasteiger partial charge in [0.2, 0.25) is 0 Å². The first-order valence-corrected chi connectivity index (χ1v) is 9.49. The fourth-order valence-electron chi connectivity index (χ4n) is 3.75. The SMILES string of the molecule is C[C@@H]1CN(CCCNc2cc(C(=O)N3CCCC3)ccn2)C[C@H](C)O1. The molecule has 2 atom stereocenters. The van der Waals surface area contributed by atoms with Crippen LogP contribution in [-0.2, 0) is 4.74 Å².